The maximum Gasteiger partial charge on any atom is 0.276 e. The Bertz CT molecular complexity index is 623. The van der Waals surface area contributed by atoms with E-state index in [4.69, 9.17) is 0 Å². The molecule has 0 bridgehead atoms. The Morgan fingerprint density at radius 2 is 2.11 bits per heavy atom. The molecule has 1 aliphatic rings. The fourth-order valence-corrected chi connectivity index (χ4v) is 2.01. The van der Waals surface area contributed by atoms with Crippen LogP contribution in [0.25, 0.3) is 0 Å². The molecule has 2 amide bonds. The van der Waals surface area contributed by atoms with Gasteiger partial charge in [-0.2, -0.15) is 15.4 Å². The topological polar surface area (TPSA) is 91.0 Å². The number of amides is 2. The minimum atomic E-state index is -0.319. The van der Waals surface area contributed by atoms with Crippen LogP contribution in [-0.2, 0) is 11.3 Å². The highest BCUT2D eigenvalue weighted by Gasteiger charge is 2.25. The molecule has 0 saturated carbocycles. The second-order valence-electron chi connectivity index (χ2n) is 4.22. The lowest BCUT2D eigenvalue weighted by molar-refractivity contribution is -0.116. The number of hydrogen-bond donors (Lipinski definition) is 2. The van der Waals surface area contributed by atoms with Crippen LogP contribution in [0.3, 0.4) is 0 Å². The molecule has 7 nitrogen and oxygen atoms in total. The molecule has 0 unspecified atom stereocenters. The first kappa shape index (κ1) is 11.4. The van der Waals surface area contributed by atoms with E-state index in [2.05, 4.69) is 20.7 Å². The van der Waals surface area contributed by atoms with Crippen LogP contribution in [0.1, 0.15) is 16.1 Å². The Morgan fingerprint density at radius 3 is 2.89 bits per heavy atom. The van der Waals surface area contributed by atoms with E-state index in [1.165, 1.54) is 11.1 Å². The fraction of sp³-hybridized carbons (Fsp3) is 0.167. The SMILES string of the molecule is O=C1CN(C(=O)c2cn[nH]n2)Cc2ccccc2N1. The molecule has 0 spiro atoms. The summed E-state index contributed by atoms with van der Waals surface area (Å²) >= 11 is 0. The molecule has 2 N–H and O–H groups in total. The molecule has 0 atom stereocenters. The first-order chi connectivity index (χ1) is 9.24. The van der Waals surface area contributed by atoms with Crippen molar-refractivity contribution in [2.24, 2.45) is 0 Å². The van der Waals surface area contributed by atoms with Crippen LogP contribution in [-0.4, -0.2) is 38.7 Å². The number of benzene rings is 1. The third-order valence-electron chi connectivity index (χ3n) is 2.91. The van der Waals surface area contributed by atoms with Crippen LogP contribution < -0.4 is 5.32 Å². The number of aromatic nitrogens is 3. The van der Waals surface area contributed by atoms with E-state index in [0.717, 1.165) is 11.3 Å². The quantitative estimate of drug-likeness (QED) is 0.773. The standard InChI is InChI=1S/C12H11N5O2/c18-11-7-17(12(19)10-5-13-16-15-10)6-8-3-1-2-4-9(8)14-11/h1-5H,6-7H2,(H,14,18)(H,13,15,16). The van der Waals surface area contributed by atoms with Crippen LogP contribution in [0.2, 0.25) is 0 Å². The second-order valence-corrected chi connectivity index (χ2v) is 4.22. The Balaban J connectivity index is 1.92. The van der Waals surface area contributed by atoms with Gasteiger partial charge in [0.15, 0.2) is 5.69 Å². The molecule has 1 aromatic carbocycles. The van der Waals surface area contributed by atoms with Crippen molar-refractivity contribution < 1.29 is 9.59 Å². The van der Waals surface area contributed by atoms with Crippen LogP contribution in [0.5, 0.6) is 0 Å². The third kappa shape index (κ3) is 2.17. The van der Waals surface area contributed by atoms with Gasteiger partial charge in [0, 0.05) is 12.2 Å². The summed E-state index contributed by atoms with van der Waals surface area (Å²) in [6.07, 6.45) is 1.34. The summed E-state index contributed by atoms with van der Waals surface area (Å²) in [6.45, 7) is 0.362. The first-order valence-corrected chi connectivity index (χ1v) is 5.77. The van der Waals surface area contributed by atoms with E-state index in [0.29, 0.717) is 6.54 Å². The van der Waals surface area contributed by atoms with Crippen molar-refractivity contribution in [3.05, 3.63) is 41.7 Å². The van der Waals surface area contributed by atoms with Gasteiger partial charge in [0.25, 0.3) is 5.91 Å². The Morgan fingerprint density at radius 1 is 1.26 bits per heavy atom. The molecular weight excluding hydrogens is 246 g/mol. The van der Waals surface area contributed by atoms with Gasteiger partial charge in [-0.05, 0) is 11.6 Å². The number of para-hydroxylation sites is 1. The molecule has 0 radical (unpaired) electrons. The van der Waals surface area contributed by atoms with Gasteiger partial charge in [0.1, 0.15) is 6.54 Å². The van der Waals surface area contributed by atoms with Crippen LogP contribution in [0.15, 0.2) is 30.5 Å². The molecule has 7 heteroatoms. The number of rotatable bonds is 1. The zero-order valence-electron chi connectivity index (χ0n) is 9.96. The Kier molecular flexibility index (Phi) is 2.71. The van der Waals surface area contributed by atoms with E-state index in [1.54, 1.807) is 0 Å². The van der Waals surface area contributed by atoms with Gasteiger partial charge in [-0.3, -0.25) is 9.59 Å². The third-order valence-corrected chi connectivity index (χ3v) is 2.91. The van der Waals surface area contributed by atoms with E-state index < -0.39 is 0 Å². The highest BCUT2D eigenvalue weighted by Crippen LogP contribution is 2.20. The zero-order valence-corrected chi connectivity index (χ0v) is 9.96. The summed E-state index contributed by atoms with van der Waals surface area (Å²) in [5.41, 5.74) is 1.83. The van der Waals surface area contributed by atoms with Crippen molar-refractivity contribution in [2.75, 3.05) is 11.9 Å². The number of fused-ring (bicyclic) bond motifs is 1. The van der Waals surface area contributed by atoms with Gasteiger partial charge in [-0.25, -0.2) is 0 Å². The summed E-state index contributed by atoms with van der Waals surface area (Å²) in [7, 11) is 0. The molecule has 2 aromatic rings. The second kappa shape index (κ2) is 4.52. The highest BCUT2D eigenvalue weighted by molar-refractivity contribution is 5.99. The van der Waals surface area contributed by atoms with Crippen molar-refractivity contribution in [1.82, 2.24) is 20.3 Å². The van der Waals surface area contributed by atoms with Crippen LogP contribution >= 0.6 is 0 Å². The van der Waals surface area contributed by atoms with Crippen molar-refractivity contribution in [3.63, 3.8) is 0 Å². The molecule has 0 aliphatic carbocycles. The van der Waals surface area contributed by atoms with Gasteiger partial charge in [-0.1, -0.05) is 18.2 Å². The van der Waals surface area contributed by atoms with E-state index in [-0.39, 0.29) is 24.1 Å². The maximum absolute atomic E-state index is 12.2. The van der Waals surface area contributed by atoms with Crippen molar-refractivity contribution >= 4 is 17.5 Å². The first-order valence-electron chi connectivity index (χ1n) is 5.77. The fourth-order valence-electron chi connectivity index (χ4n) is 2.01. The van der Waals surface area contributed by atoms with E-state index in [1.807, 2.05) is 24.3 Å². The van der Waals surface area contributed by atoms with Crippen molar-refractivity contribution in [2.45, 2.75) is 6.54 Å². The summed E-state index contributed by atoms with van der Waals surface area (Å²) in [6, 6.07) is 7.41. The minimum Gasteiger partial charge on any atom is -0.324 e. The number of H-pyrrole nitrogens is 1. The van der Waals surface area contributed by atoms with Gasteiger partial charge in [-0.15, -0.1) is 0 Å². The molecule has 96 valence electrons. The lowest BCUT2D eigenvalue weighted by Crippen LogP contribution is -2.35. The average molecular weight is 257 g/mol. The minimum absolute atomic E-state index is 0.000370. The molecule has 0 saturated heterocycles. The number of nitrogens with one attached hydrogen (secondary N) is 2. The maximum atomic E-state index is 12.2. The van der Waals surface area contributed by atoms with Crippen molar-refractivity contribution in [1.29, 1.82) is 0 Å². The number of aromatic amines is 1. The zero-order chi connectivity index (χ0) is 13.2. The van der Waals surface area contributed by atoms with Gasteiger partial charge in [0.2, 0.25) is 5.91 Å². The Hall–Kier alpha value is -2.70. The molecule has 0 fully saturated rings. The predicted octanol–water partition coefficient (Wildman–Crippen LogP) is 0.399. The highest BCUT2D eigenvalue weighted by atomic mass is 16.2. The molecule has 3 rings (SSSR count). The summed E-state index contributed by atoms with van der Waals surface area (Å²) in [5.74, 6) is -0.539. The number of hydrogen-bond acceptors (Lipinski definition) is 4. The largest absolute Gasteiger partial charge is 0.324 e. The summed E-state index contributed by atoms with van der Waals surface area (Å²) in [4.78, 5) is 25.4. The normalized spacial score (nSPS) is 14.5. The summed E-state index contributed by atoms with van der Waals surface area (Å²) < 4.78 is 0. The van der Waals surface area contributed by atoms with E-state index >= 15 is 0 Å². The van der Waals surface area contributed by atoms with Gasteiger partial charge >= 0.3 is 0 Å². The summed E-state index contributed by atoms with van der Waals surface area (Å²) in [5, 5.41) is 12.5. The molecule has 2 heterocycles. The smallest absolute Gasteiger partial charge is 0.276 e. The number of carbonyl (C=O) groups excluding carboxylic acids is 2. The average Bonchev–Trinajstić information content (AvgIpc) is 2.87. The predicted molar refractivity (Wildman–Crippen MR) is 66.2 cm³/mol. The van der Waals surface area contributed by atoms with Crippen molar-refractivity contribution in [3.8, 4) is 0 Å². The van der Waals surface area contributed by atoms with Gasteiger partial charge < -0.3 is 10.2 Å². The van der Waals surface area contributed by atoms with Gasteiger partial charge in [0.05, 0.1) is 6.20 Å². The Labute approximate surface area is 108 Å². The number of anilines is 1. The van der Waals surface area contributed by atoms with Crippen LogP contribution in [0.4, 0.5) is 5.69 Å². The number of carbonyl (C=O) groups is 2. The number of nitrogens with zero attached hydrogens (tertiary/aromatic N) is 3. The van der Waals surface area contributed by atoms with Crippen LogP contribution in [0, 0.1) is 0 Å². The lowest BCUT2D eigenvalue weighted by Gasteiger charge is -2.17. The molecule has 1 aromatic heterocycles. The molecule has 1 aliphatic heterocycles. The van der Waals surface area contributed by atoms with E-state index in [9.17, 15) is 9.59 Å². The molecular formula is C12H11N5O2. The monoisotopic (exact) mass is 257 g/mol. The lowest BCUT2D eigenvalue weighted by atomic mass is 10.1. The molecule has 19 heavy (non-hydrogen) atoms.